The lowest BCUT2D eigenvalue weighted by Gasteiger charge is -2.09. The van der Waals surface area contributed by atoms with Crippen LogP contribution in [0.5, 0.6) is 0 Å². The van der Waals surface area contributed by atoms with Gasteiger partial charge in [-0.15, -0.1) is 0 Å². The topological polar surface area (TPSA) is 16.6 Å². The normalized spacial score (nSPS) is 11.8. The van der Waals surface area contributed by atoms with Crippen molar-refractivity contribution in [3.8, 4) is 0 Å². The van der Waals surface area contributed by atoms with Crippen LogP contribution in [0.3, 0.4) is 0 Å². The van der Waals surface area contributed by atoms with Gasteiger partial charge in [-0.3, -0.25) is 0 Å². The van der Waals surface area contributed by atoms with Crippen molar-refractivity contribution in [3.05, 3.63) is 60.7 Å². The molecule has 0 aromatic heterocycles. The number of fused-ring (bicyclic) bond motifs is 1. The Kier molecular flexibility index (Phi) is 4.53. The van der Waals surface area contributed by atoms with E-state index in [1.807, 2.05) is 6.08 Å². The summed E-state index contributed by atoms with van der Waals surface area (Å²) >= 11 is 0. The van der Waals surface area contributed by atoms with Crippen LogP contribution in [-0.2, 0) is 0 Å². The highest BCUT2D eigenvalue weighted by Crippen LogP contribution is 2.18. The van der Waals surface area contributed by atoms with Crippen molar-refractivity contribution in [2.75, 3.05) is 7.05 Å². The maximum Gasteiger partial charge on any atom is 0.130 e. The number of likely N-dealkylation sites (N-methyl/N-ethyl adjacent to an activating group) is 1. The summed E-state index contributed by atoms with van der Waals surface area (Å²) in [5, 5.41) is 4.75. The van der Waals surface area contributed by atoms with E-state index in [9.17, 15) is 0 Å². The van der Waals surface area contributed by atoms with Crippen LogP contribution in [0, 0.1) is 0 Å². The Bertz CT molecular complexity index is 479. The largest absolute Gasteiger partial charge is 1.00 e. The van der Waals surface area contributed by atoms with Crippen LogP contribution in [-0.4, -0.2) is 7.05 Å². The Morgan fingerprint density at radius 2 is 1.81 bits per heavy atom. The summed E-state index contributed by atoms with van der Waals surface area (Å²) in [7, 11) is 2.07. The molecule has 84 valence electrons. The van der Waals surface area contributed by atoms with E-state index in [0.29, 0.717) is 6.04 Å². The Hall–Kier alpha value is -1.31. The molecule has 0 aliphatic carbocycles. The van der Waals surface area contributed by atoms with Gasteiger partial charge in [-0.2, -0.15) is 0 Å². The summed E-state index contributed by atoms with van der Waals surface area (Å²) in [5.41, 5.74) is 1.31. The Morgan fingerprint density at radius 1 is 1.12 bits per heavy atom. The van der Waals surface area contributed by atoms with Gasteiger partial charge >= 0.3 is 0 Å². The summed E-state index contributed by atoms with van der Waals surface area (Å²) in [6, 6.07) is 15.4. The van der Waals surface area contributed by atoms with E-state index in [1.165, 1.54) is 16.3 Å². The molecule has 2 heteroatoms. The molecule has 1 atom stereocenters. The molecular formula is C14H16ClN. The maximum absolute atomic E-state index is 3.86. The second-order valence-electron chi connectivity index (χ2n) is 3.70. The average Bonchev–Trinajstić information content (AvgIpc) is 2.30. The van der Waals surface area contributed by atoms with Crippen LogP contribution >= 0.6 is 0 Å². The molecule has 16 heavy (non-hydrogen) atoms. The Balaban J connectivity index is 0.00000128. The second-order valence-corrected chi connectivity index (χ2v) is 3.70. The van der Waals surface area contributed by atoms with Gasteiger partial charge in [0.1, 0.15) is 6.04 Å². The first-order valence-electron chi connectivity index (χ1n) is 5.26. The fourth-order valence-electron chi connectivity index (χ4n) is 1.88. The van der Waals surface area contributed by atoms with Crippen LogP contribution in [0.1, 0.15) is 11.6 Å². The molecule has 0 spiro atoms. The fraction of sp³-hybridized carbons (Fsp3) is 0.143. The molecule has 0 saturated carbocycles. The minimum absolute atomic E-state index is 0. The molecule has 0 fully saturated rings. The molecule has 0 bridgehead atoms. The average molecular weight is 234 g/mol. The van der Waals surface area contributed by atoms with Crippen molar-refractivity contribution in [2.24, 2.45) is 0 Å². The summed E-state index contributed by atoms with van der Waals surface area (Å²) < 4.78 is 0. The quantitative estimate of drug-likeness (QED) is 0.673. The second kappa shape index (κ2) is 5.69. The highest BCUT2D eigenvalue weighted by Gasteiger charge is 2.07. The van der Waals surface area contributed by atoms with Crippen molar-refractivity contribution >= 4 is 10.8 Å². The first kappa shape index (κ1) is 12.8. The summed E-state index contributed by atoms with van der Waals surface area (Å²) in [4.78, 5) is 0. The molecular weight excluding hydrogens is 218 g/mol. The molecule has 2 aromatic carbocycles. The van der Waals surface area contributed by atoms with E-state index >= 15 is 0 Å². The number of hydrogen-bond acceptors (Lipinski definition) is 0. The van der Waals surface area contributed by atoms with Crippen molar-refractivity contribution in [2.45, 2.75) is 6.04 Å². The SMILES string of the molecule is C=C[C@H]([NH2+]C)c1ccc2ccccc2c1.[Cl-]. The molecule has 0 amide bonds. The summed E-state index contributed by atoms with van der Waals surface area (Å²) in [6.45, 7) is 3.86. The highest BCUT2D eigenvalue weighted by molar-refractivity contribution is 5.83. The third-order valence-electron chi connectivity index (χ3n) is 2.77. The van der Waals surface area contributed by atoms with Crippen molar-refractivity contribution in [1.29, 1.82) is 0 Å². The first-order chi connectivity index (χ1) is 7.35. The lowest BCUT2D eigenvalue weighted by Crippen LogP contribution is -3.00. The van der Waals surface area contributed by atoms with Crippen LogP contribution in [0.2, 0.25) is 0 Å². The monoisotopic (exact) mass is 233 g/mol. The van der Waals surface area contributed by atoms with Gasteiger partial charge in [0, 0.05) is 5.56 Å². The van der Waals surface area contributed by atoms with E-state index in [1.54, 1.807) is 0 Å². The van der Waals surface area contributed by atoms with E-state index in [4.69, 9.17) is 0 Å². The van der Waals surface area contributed by atoms with Crippen LogP contribution in [0.4, 0.5) is 0 Å². The van der Waals surface area contributed by atoms with Gasteiger partial charge in [0.2, 0.25) is 0 Å². The number of rotatable bonds is 3. The molecule has 0 radical (unpaired) electrons. The van der Waals surface area contributed by atoms with Crippen molar-refractivity contribution < 1.29 is 17.7 Å². The van der Waals surface area contributed by atoms with Gasteiger partial charge in [0.05, 0.1) is 7.05 Å². The fourth-order valence-corrected chi connectivity index (χ4v) is 1.88. The minimum Gasteiger partial charge on any atom is -1.00 e. The number of quaternary nitrogens is 1. The predicted molar refractivity (Wildman–Crippen MR) is 64.7 cm³/mol. The van der Waals surface area contributed by atoms with E-state index in [2.05, 4.69) is 61.4 Å². The highest BCUT2D eigenvalue weighted by atomic mass is 35.5. The van der Waals surface area contributed by atoms with Gasteiger partial charge in [-0.05, 0) is 22.9 Å². The zero-order chi connectivity index (χ0) is 10.7. The van der Waals surface area contributed by atoms with Gasteiger partial charge in [-0.25, -0.2) is 0 Å². The lowest BCUT2D eigenvalue weighted by molar-refractivity contribution is -0.659. The van der Waals surface area contributed by atoms with Gasteiger partial charge < -0.3 is 17.7 Å². The molecule has 0 aliphatic heterocycles. The van der Waals surface area contributed by atoms with E-state index in [0.717, 1.165) is 0 Å². The van der Waals surface area contributed by atoms with E-state index in [-0.39, 0.29) is 12.4 Å². The molecule has 2 N–H and O–H groups in total. The van der Waals surface area contributed by atoms with E-state index < -0.39 is 0 Å². The van der Waals surface area contributed by atoms with Crippen molar-refractivity contribution in [3.63, 3.8) is 0 Å². The number of hydrogen-bond donors (Lipinski definition) is 1. The third kappa shape index (κ3) is 2.43. The number of benzene rings is 2. The standard InChI is InChI=1S/C14H15N.ClH/c1-3-14(15-2)13-9-8-11-6-4-5-7-12(11)10-13;/h3-10,14-15H,1H2,2H3;1H/t14-;/m0./s1. The number of halogens is 1. The van der Waals surface area contributed by atoms with Gasteiger partial charge in [-0.1, -0.05) is 43.0 Å². The molecule has 0 heterocycles. The maximum atomic E-state index is 3.86. The van der Waals surface area contributed by atoms with Gasteiger partial charge in [0.25, 0.3) is 0 Å². The molecule has 2 aromatic rings. The first-order valence-corrected chi connectivity index (χ1v) is 5.26. The molecule has 0 aliphatic rings. The zero-order valence-electron chi connectivity index (χ0n) is 9.36. The third-order valence-corrected chi connectivity index (χ3v) is 2.77. The Morgan fingerprint density at radius 3 is 2.44 bits per heavy atom. The smallest absolute Gasteiger partial charge is 0.130 e. The van der Waals surface area contributed by atoms with Gasteiger partial charge in [0.15, 0.2) is 0 Å². The van der Waals surface area contributed by atoms with Crippen LogP contribution in [0.15, 0.2) is 55.1 Å². The summed E-state index contributed by atoms with van der Waals surface area (Å²) in [5.74, 6) is 0. The molecule has 0 unspecified atom stereocenters. The Labute approximate surface area is 103 Å². The predicted octanol–water partition coefficient (Wildman–Crippen LogP) is -0.736. The zero-order valence-corrected chi connectivity index (χ0v) is 10.1. The number of nitrogens with two attached hydrogens (primary N) is 1. The molecule has 1 nitrogen and oxygen atoms in total. The van der Waals surface area contributed by atoms with Crippen molar-refractivity contribution in [1.82, 2.24) is 0 Å². The van der Waals surface area contributed by atoms with Crippen LogP contribution in [0.25, 0.3) is 10.8 Å². The molecule has 0 saturated heterocycles. The molecule has 2 rings (SSSR count). The van der Waals surface area contributed by atoms with Crippen LogP contribution < -0.4 is 17.7 Å². The minimum atomic E-state index is 0. The summed E-state index contributed by atoms with van der Waals surface area (Å²) in [6.07, 6.45) is 1.98. The lowest BCUT2D eigenvalue weighted by atomic mass is 10.0.